The summed E-state index contributed by atoms with van der Waals surface area (Å²) in [4.78, 5) is 40.6. The first kappa shape index (κ1) is 29.8. The van der Waals surface area contributed by atoms with E-state index >= 15 is 0 Å². The topological polar surface area (TPSA) is 117 Å². The van der Waals surface area contributed by atoms with E-state index in [2.05, 4.69) is 22.8 Å². The molecule has 0 heterocycles. The van der Waals surface area contributed by atoms with Crippen LogP contribution >= 0.6 is 0 Å². The van der Waals surface area contributed by atoms with Crippen molar-refractivity contribution in [1.29, 1.82) is 0 Å². The van der Waals surface area contributed by atoms with Gasteiger partial charge in [0.25, 0.3) is 0 Å². The number of amides is 2. The number of nitrogens with zero attached hydrogens (tertiary/aromatic N) is 1. The van der Waals surface area contributed by atoms with Crippen LogP contribution in [0.1, 0.15) is 36.0 Å². The summed E-state index contributed by atoms with van der Waals surface area (Å²) in [6.07, 6.45) is -0.663. The van der Waals surface area contributed by atoms with E-state index in [9.17, 15) is 19.5 Å². The van der Waals surface area contributed by atoms with E-state index < -0.39 is 29.6 Å². The van der Waals surface area contributed by atoms with Crippen LogP contribution in [0.5, 0.6) is 0 Å². The van der Waals surface area contributed by atoms with Crippen LogP contribution in [0.25, 0.3) is 11.1 Å². The molecule has 4 rings (SSSR count). The quantitative estimate of drug-likeness (QED) is 0.290. The number of alkyl carbamates (subject to hydrolysis) is 1. The standard InChI is InChI=1S/C32H37N3O6/c1-4-32(21-40-3,30(37)38)34-29(36)28(19-35(2)18-22-12-6-5-7-13-22)33-31(39)41-20-27-25-16-10-8-14-23(25)24-15-9-11-17-26(24)27/h5-17,27-28H,4,18-21H2,1-3H3,(H,33,39)(H,34,36)(H,37,38). The first-order chi connectivity index (χ1) is 19.8. The van der Waals surface area contributed by atoms with Gasteiger partial charge in [0.1, 0.15) is 12.6 Å². The third-order valence-corrected chi connectivity index (χ3v) is 7.51. The highest BCUT2D eigenvalue weighted by Crippen LogP contribution is 2.44. The Balaban J connectivity index is 1.49. The molecule has 3 aromatic carbocycles. The molecule has 2 amide bonds. The van der Waals surface area contributed by atoms with Crippen LogP contribution in [-0.4, -0.2) is 73.5 Å². The van der Waals surface area contributed by atoms with E-state index in [0.29, 0.717) is 6.54 Å². The van der Waals surface area contributed by atoms with Crippen molar-refractivity contribution in [2.45, 2.75) is 37.4 Å². The zero-order valence-electron chi connectivity index (χ0n) is 23.6. The lowest BCUT2D eigenvalue weighted by Gasteiger charge is -2.32. The highest BCUT2D eigenvalue weighted by atomic mass is 16.5. The smallest absolute Gasteiger partial charge is 0.407 e. The molecule has 0 spiro atoms. The Bertz CT molecular complexity index is 1320. The minimum absolute atomic E-state index is 0.0890. The molecule has 2 unspecified atom stereocenters. The highest BCUT2D eigenvalue weighted by molar-refractivity contribution is 5.91. The fourth-order valence-corrected chi connectivity index (χ4v) is 5.31. The van der Waals surface area contributed by atoms with Gasteiger partial charge in [-0.25, -0.2) is 9.59 Å². The average Bonchev–Trinajstić information content (AvgIpc) is 3.29. The first-order valence-electron chi connectivity index (χ1n) is 13.7. The van der Waals surface area contributed by atoms with Crippen LogP contribution in [0.3, 0.4) is 0 Å². The number of carbonyl (C=O) groups excluding carboxylic acids is 2. The molecule has 1 aliphatic rings. The predicted molar refractivity (Wildman–Crippen MR) is 155 cm³/mol. The third kappa shape index (κ3) is 6.93. The molecule has 0 bridgehead atoms. The minimum Gasteiger partial charge on any atom is -0.479 e. The molecule has 1 aliphatic carbocycles. The summed E-state index contributed by atoms with van der Waals surface area (Å²) in [6.45, 7) is 2.17. The molecular weight excluding hydrogens is 522 g/mol. The van der Waals surface area contributed by atoms with Crippen LogP contribution in [-0.2, 0) is 25.6 Å². The summed E-state index contributed by atoms with van der Waals surface area (Å²) in [5, 5.41) is 15.2. The largest absolute Gasteiger partial charge is 0.479 e. The van der Waals surface area contributed by atoms with Gasteiger partial charge in [-0.15, -0.1) is 0 Å². The van der Waals surface area contributed by atoms with Crippen molar-refractivity contribution in [3.63, 3.8) is 0 Å². The summed E-state index contributed by atoms with van der Waals surface area (Å²) in [5.41, 5.74) is 3.77. The molecule has 0 saturated carbocycles. The summed E-state index contributed by atoms with van der Waals surface area (Å²) in [5.74, 6) is -1.99. The summed E-state index contributed by atoms with van der Waals surface area (Å²) < 4.78 is 10.8. The summed E-state index contributed by atoms with van der Waals surface area (Å²) in [6, 6.07) is 24.7. The molecule has 0 fully saturated rings. The Hall–Kier alpha value is -4.21. The maximum Gasteiger partial charge on any atom is 0.407 e. The van der Waals surface area contributed by atoms with Gasteiger partial charge in [-0.3, -0.25) is 9.69 Å². The summed E-state index contributed by atoms with van der Waals surface area (Å²) in [7, 11) is 3.20. The number of carboxylic acids is 1. The molecular formula is C32H37N3O6. The van der Waals surface area contributed by atoms with Gasteiger partial charge in [-0.05, 0) is 41.3 Å². The zero-order chi connectivity index (χ0) is 29.4. The SMILES string of the molecule is CCC(COC)(NC(=O)C(CN(C)Cc1ccccc1)NC(=O)OCC1c2ccccc2-c2ccccc21)C(=O)O. The molecule has 2 atom stereocenters. The Labute approximate surface area is 240 Å². The van der Waals surface area contributed by atoms with Crippen molar-refractivity contribution < 1.29 is 29.0 Å². The highest BCUT2D eigenvalue weighted by Gasteiger charge is 2.40. The van der Waals surface area contributed by atoms with E-state index in [1.54, 1.807) is 6.92 Å². The van der Waals surface area contributed by atoms with Crippen molar-refractivity contribution in [3.05, 3.63) is 95.6 Å². The molecule has 216 valence electrons. The number of hydrogen-bond acceptors (Lipinski definition) is 6. The number of benzene rings is 3. The number of ether oxygens (including phenoxy) is 2. The van der Waals surface area contributed by atoms with E-state index in [0.717, 1.165) is 27.8 Å². The Morgan fingerprint density at radius 3 is 2.10 bits per heavy atom. The van der Waals surface area contributed by atoms with E-state index in [1.807, 2.05) is 78.7 Å². The van der Waals surface area contributed by atoms with Crippen LogP contribution in [0.2, 0.25) is 0 Å². The summed E-state index contributed by atoms with van der Waals surface area (Å²) >= 11 is 0. The molecule has 9 heteroatoms. The molecule has 0 saturated heterocycles. The van der Waals surface area contributed by atoms with Gasteiger partial charge in [0, 0.05) is 26.1 Å². The molecule has 0 aliphatic heterocycles. The normalized spacial score (nSPS) is 14.4. The fourth-order valence-electron chi connectivity index (χ4n) is 5.31. The van der Waals surface area contributed by atoms with Crippen LogP contribution in [0.15, 0.2) is 78.9 Å². The average molecular weight is 560 g/mol. The number of aliphatic carboxylic acids is 1. The maximum absolute atomic E-state index is 13.5. The van der Waals surface area contributed by atoms with E-state index in [4.69, 9.17) is 9.47 Å². The number of fused-ring (bicyclic) bond motifs is 3. The second-order valence-corrected chi connectivity index (χ2v) is 10.4. The molecule has 3 aromatic rings. The van der Waals surface area contributed by atoms with Crippen molar-refractivity contribution in [2.75, 3.05) is 33.9 Å². The lowest BCUT2D eigenvalue weighted by atomic mass is 9.96. The Morgan fingerprint density at radius 2 is 1.54 bits per heavy atom. The molecule has 9 nitrogen and oxygen atoms in total. The second-order valence-electron chi connectivity index (χ2n) is 10.4. The Kier molecular flexibility index (Phi) is 9.75. The maximum atomic E-state index is 13.5. The number of likely N-dealkylation sites (N-methyl/N-ethyl adjacent to an activating group) is 1. The monoisotopic (exact) mass is 559 g/mol. The van der Waals surface area contributed by atoms with Crippen molar-refractivity contribution in [1.82, 2.24) is 15.5 Å². The second kappa shape index (κ2) is 13.4. The van der Waals surface area contributed by atoms with Gasteiger partial charge in [-0.1, -0.05) is 85.8 Å². The van der Waals surface area contributed by atoms with E-state index in [1.165, 1.54) is 7.11 Å². The number of nitrogens with one attached hydrogen (secondary N) is 2. The van der Waals surface area contributed by atoms with Crippen molar-refractivity contribution in [3.8, 4) is 11.1 Å². The minimum atomic E-state index is -1.63. The number of carbonyl (C=O) groups is 3. The number of carboxylic acid groups (broad SMARTS) is 1. The number of hydrogen-bond donors (Lipinski definition) is 3. The molecule has 0 aromatic heterocycles. The van der Waals surface area contributed by atoms with Gasteiger partial charge < -0.3 is 25.2 Å². The van der Waals surface area contributed by atoms with Gasteiger partial charge in [0.05, 0.1) is 6.61 Å². The van der Waals surface area contributed by atoms with Crippen LogP contribution < -0.4 is 10.6 Å². The number of rotatable bonds is 13. The van der Waals surface area contributed by atoms with Crippen LogP contribution in [0.4, 0.5) is 4.79 Å². The van der Waals surface area contributed by atoms with Gasteiger partial charge in [-0.2, -0.15) is 0 Å². The van der Waals surface area contributed by atoms with Crippen molar-refractivity contribution in [2.24, 2.45) is 0 Å². The first-order valence-corrected chi connectivity index (χ1v) is 13.7. The lowest BCUT2D eigenvalue weighted by molar-refractivity contribution is -0.150. The number of methoxy groups -OCH3 is 1. The molecule has 3 N–H and O–H groups in total. The fraction of sp³-hybridized carbons (Fsp3) is 0.344. The van der Waals surface area contributed by atoms with Crippen LogP contribution in [0, 0.1) is 0 Å². The third-order valence-electron chi connectivity index (χ3n) is 7.51. The van der Waals surface area contributed by atoms with Gasteiger partial charge in [0.15, 0.2) is 5.54 Å². The zero-order valence-corrected chi connectivity index (χ0v) is 23.6. The van der Waals surface area contributed by atoms with E-state index in [-0.39, 0.29) is 32.1 Å². The van der Waals surface area contributed by atoms with Gasteiger partial charge in [0.2, 0.25) is 5.91 Å². The Morgan fingerprint density at radius 1 is 0.951 bits per heavy atom. The van der Waals surface area contributed by atoms with Gasteiger partial charge >= 0.3 is 12.1 Å². The van der Waals surface area contributed by atoms with Crippen molar-refractivity contribution >= 4 is 18.0 Å². The molecule has 41 heavy (non-hydrogen) atoms. The lowest BCUT2D eigenvalue weighted by Crippen LogP contribution is -2.62. The molecule has 0 radical (unpaired) electrons. The predicted octanol–water partition coefficient (Wildman–Crippen LogP) is 4.02.